The van der Waals surface area contributed by atoms with Gasteiger partial charge in [0.1, 0.15) is 0 Å². The molecular formula is C19H18N6O3. The van der Waals surface area contributed by atoms with Gasteiger partial charge in [0.2, 0.25) is 6.79 Å². The zero-order chi connectivity index (χ0) is 19.8. The van der Waals surface area contributed by atoms with Crippen LogP contribution in [0.3, 0.4) is 0 Å². The monoisotopic (exact) mass is 378 g/mol. The van der Waals surface area contributed by atoms with E-state index >= 15 is 0 Å². The molecule has 9 nitrogen and oxygen atoms in total. The van der Waals surface area contributed by atoms with Crippen molar-refractivity contribution >= 4 is 29.5 Å². The van der Waals surface area contributed by atoms with E-state index in [2.05, 4.69) is 10.1 Å². The number of hydrogen-bond acceptors (Lipinski definition) is 5. The average Bonchev–Trinajstić information content (AvgIpc) is 3.04. The lowest BCUT2D eigenvalue weighted by atomic mass is 9.96. The Balaban J connectivity index is 1.93. The maximum absolute atomic E-state index is 12.5. The van der Waals surface area contributed by atoms with Crippen molar-refractivity contribution in [1.82, 2.24) is 5.01 Å². The van der Waals surface area contributed by atoms with Gasteiger partial charge in [0.25, 0.3) is 0 Å². The minimum Gasteiger partial charge on any atom is -0.454 e. The summed E-state index contributed by atoms with van der Waals surface area (Å²) in [6.07, 6.45) is 1.81. The molecule has 2 aromatic rings. The molecular weight excluding hydrogens is 360 g/mol. The van der Waals surface area contributed by atoms with Crippen molar-refractivity contribution in [2.24, 2.45) is 21.6 Å². The van der Waals surface area contributed by atoms with Crippen molar-refractivity contribution in [1.29, 1.82) is 0 Å². The molecule has 4 rings (SSSR count). The molecule has 9 heteroatoms. The van der Waals surface area contributed by atoms with Gasteiger partial charge in [-0.2, -0.15) is 15.1 Å². The fraction of sp³-hybridized carbons (Fsp3) is 0.105. The number of amides is 2. The predicted molar refractivity (Wildman–Crippen MR) is 106 cm³/mol. The summed E-state index contributed by atoms with van der Waals surface area (Å²) >= 11 is 0. The molecule has 0 aliphatic carbocycles. The first-order chi connectivity index (χ1) is 13.4. The number of anilines is 1. The summed E-state index contributed by atoms with van der Waals surface area (Å²) in [7, 11) is 0. The van der Waals surface area contributed by atoms with Gasteiger partial charge >= 0.3 is 6.03 Å². The van der Waals surface area contributed by atoms with E-state index in [1.54, 1.807) is 19.1 Å². The minimum atomic E-state index is -0.699. The van der Waals surface area contributed by atoms with Crippen LogP contribution in [0.25, 0.3) is 6.08 Å². The molecule has 0 unspecified atom stereocenters. The number of carbonyl (C=O) groups excluding carboxylic acids is 1. The smallest absolute Gasteiger partial charge is 0.371 e. The van der Waals surface area contributed by atoms with Crippen LogP contribution in [0.15, 0.2) is 52.2 Å². The first-order valence-electron chi connectivity index (χ1n) is 8.43. The maximum atomic E-state index is 12.5. The Bertz CT molecular complexity index is 1050. The number of guanidine groups is 1. The van der Waals surface area contributed by atoms with E-state index in [1.165, 1.54) is 0 Å². The predicted octanol–water partition coefficient (Wildman–Crippen LogP) is 1.82. The number of fused-ring (bicyclic) bond motifs is 2. The van der Waals surface area contributed by atoms with Crippen LogP contribution in [0.5, 0.6) is 11.5 Å². The zero-order valence-electron chi connectivity index (χ0n) is 15.0. The Morgan fingerprint density at radius 1 is 1.14 bits per heavy atom. The molecule has 2 aliphatic rings. The van der Waals surface area contributed by atoms with Crippen molar-refractivity contribution in [3.8, 4) is 11.5 Å². The second-order valence-electron chi connectivity index (χ2n) is 6.28. The summed E-state index contributed by atoms with van der Waals surface area (Å²) in [5.41, 5.74) is 20.6. The third-order valence-electron chi connectivity index (χ3n) is 4.29. The van der Waals surface area contributed by atoms with Gasteiger partial charge in [-0.25, -0.2) is 4.79 Å². The first kappa shape index (κ1) is 17.4. The first-order valence-corrected chi connectivity index (χ1v) is 8.43. The van der Waals surface area contributed by atoms with E-state index in [1.807, 2.05) is 30.3 Å². The van der Waals surface area contributed by atoms with E-state index in [4.69, 9.17) is 26.7 Å². The molecule has 0 fully saturated rings. The van der Waals surface area contributed by atoms with Crippen LogP contribution >= 0.6 is 0 Å². The van der Waals surface area contributed by atoms with E-state index < -0.39 is 6.03 Å². The molecule has 0 saturated heterocycles. The standard InChI is InChI=1S/C19H18N6O3/c1-10-6-12-7-15-16(28-9-27-15)8-14(12)17(11-2-4-13(20)5-3-11)24-25(10)19(26)23-18(21)22/h2-8H,9,20H2,1H3,(H4,21,22,23,26). The Morgan fingerprint density at radius 2 is 1.82 bits per heavy atom. The Hall–Kier alpha value is -4.01. The van der Waals surface area contributed by atoms with Gasteiger partial charge in [0.15, 0.2) is 17.5 Å². The molecule has 2 heterocycles. The van der Waals surface area contributed by atoms with Crippen molar-refractivity contribution in [2.45, 2.75) is 6.92 Å². The lowest BCUT2D eigenvalue weighted by molar-refractivity contribution is 0.174. The van der Waals surface area contributed by atoms with Crippen molar-refractivity contribution < 1.29 is 14.3 Å². The number of allylic oxidation sites excluding steroid dienone is 1. The number of carbonyl (C=O) groups is 1. The molecule has 2 aromatic carbocycles. The quantitative estimate of drug-likeness (QED) is 0.392. The van der Waals surface area contributed by atoms with Gasteiger partial charge in [-0.15, -0.1) is 0 Å². The number of benzene rings is 2. The molecule has 0 aromatic heterocycles. The third kappa shape index (κ3) is 3.09. The van der Waals surface area contributed by atoms with Gasteiger partial charge in [0, 0.05) is 22.5 Å². The molecule has 2 aliphatic heterocycles. The number of ether oxygens (including phenoxy) is 2. The molecule has 0 spiro atoms. The van der Waals surface area contributed by atoms with Crippen LogP contribution in [-0.4, -0.2) is 29.5 Å². The molecule has 0 bridgehead atoms. The van der Waals surface area contributed by atoms with E-state index in [-0.39, 0.29) is 12.8 Å². The number of nitrogens with zero attached hydrogens (tertiary/aromatic N) is 3. The van der Waals surface area contributed by atoms with E-state index in [9.17, 15) is 4.79 Å². The largest absolute Gasteiger partial charge is 0.454 e. The van der Waals surface area contributed by atoms with Gasteiger partial charge in [-0.05, 0) is 42.8 Å². The number of rotatable bonds is 1. The van der Waals surface area contributed by atoms with Gasteiger partial charge in [-0.1, -0.05) is 12.1 Å². The second kappa shape index (κ2) is 6.62. The number of hydrogen-bond donors (Lipinski definition) is 3. The highest BCUT2D eigenvalue weighted by Gasteiger charge is 2.25. The summed E-state index contributed by atoms with van der Waals surface area (Å²) in [4.78, 5) is 16.1. The van der Waals surface area contributed by atoms with Crippen LogP contribution < -0.4 is 26.7 Å². The molecule has 0 atom stereocenters. The SMILES string of the molecule is CC1=Cc2cc3c(cc2C(c2ccc(N)cc2)=NN1C(=O)N=C(N)N)OCO3. The fourth-order valence-corrected chi connectivity index (χ4v) is 3.01. The van der Waals surface area contributed by atoms with Crippen LogP contribution in [0.2, 0.25) is 0 Å². The fourth-order valence-electron chi connectivity index (χ4n) is 3.01. The summed E-state index contributed by atoms with van der Waals surface area (Å²) in [5, 5.41) is 5.70. The topological polar surface area (TPSA) is 142 Å². The van der Waals surface area contributed by atoms with E-state index in [0.29, 0.717) is 28.6 Å². The van der Waals surface area contributed by atoms with Gasteiger partial charge < -0.3 is 26.7 Å². The number of aliphatic imine (C=N–C) groups is 1. The highest BCUT2D eigenvalue weighted by molar-refractivity contribution is 6.16. The lowest BCUT2D eigenvalue weighted by Gasteiger charge is -2.15. The molecule has 28 heavy (non-hydrogen) atoms. The van der Waals surface area contributed by atoms with Crippen molar-refractivity contribution in [3.05, 3.63) is 58.8 Å². The van der Waals surface area contributed by atoms with E-state index in [0.717, 1.165) is 21.7 Å². The van der Waals surface area contributed by atoms with Crippen LogP contribution in [0.4, 0.5) is 10.5 Å². The number of hydrazone groups is 1. The minimum absolute atomic E-state index is 0.157. The van der Waals surface area contributed by atoms with Gasteiger partial charge in [0.05, 0.1) is 5.71 Å². The highest BCUT2D eigenvalue weighted by atomic mass is 16.7. The molecule has 0 radical (unpaired) electrons. The lowest BCUT2D eigenvalue weighted by Crippen LogP contribution is -2.29. The second-order valence-corrected chi connectivity index (χ2v) is 6.28. The van der Waals surface area contributed by atoms with Crippen LogP contribution in [0, 0.1) is 0 Å². The van der Waals surface area contributed by atoms with Crippen molar-refractivity contribution in [3.63, 3.8) is 0 Å². The Kier molecular flexibility index (Phi) is 4.11. The number of nitrogen functional groups attached to an aromatic ring is 1. The molecule has 0 saturated carbocycles. The number of nitrogens with two attached hydrogens (primary N) is 3. The zero-order valence-corrected chi connectivity index (χ0v) is 15.0. The summed E-state index contributed by atoms with van der Waals surface area (Å²) in [6.45, 7) is 1.90. The molecule has 142 valence electrons. The Morgan fingerprint density at radius 3 is 2.50 bits per heavy atom. The third-order valence-corrected chi connectivity index (χ3v) is 4.29. The summed E-state index contributed by atoms with van der Waals surface area (Å²) < 4.78 is 11.0. The maximum Gasteiger partial charge on any atom is 0.371 e. The molecule has 6 N–H and O–H groups in total. The van der Waals surface area contributed by atoms with Crippen LogP contribution in [-0.2, 0) is 0 Å². The summed E-state index contributed by atoms with van der Waals surface area (Å²) in [5.74, 6) is 0.893. The normalized spacial score (nSPS) is 14.5. The van der Waals surface area contributed by atoms with Crippen molar-refractivity contribution in [2.75, 3.05) is 12.5 Å². The highest BCUT2D eigenvalue weighted by Crippen LogP contribution is 2.38. The Labute approximate surface area is 160 Å². The average molecular weight is 378 g/mol. The number of urea groups is 1. The van der Waals surface area contributed by atoms with Gasteiger partial charge in [-0.3, -0.25) is 0 Å². The summed E-state index contributed by atoms with van der Waals surface area (Å²) in [6, 6.07) is 10.2. The molecule has 2 amide bonds. The van der Waals surface area contributed by atoms with Crippen LogP contribution in [0.1, 0.15) is 23.6 Å².